The van der Waals surface area contributed by atoms with Crippen LogP contribution in [0.3, 0.4) is 0 Å². The first kappa shape index (κ1) is 20.6. The van der Waals surface area contributed by atoms with Crippen LogP contribution in [0.1, 0.15) is 29.2 Å². The monoisotopic (exact) mass is 454 g/mol. The fraction of sp³-hybridized carbons (Fsp3) is 0.320. The minimum absolute atomic E-state index is 0.0135. The van der Waals surface area contributed by atoms with Crippen LogP contribution in [-0.2, 0) is 26.1 Å². The number of aryl methyl sites for hydroxylation is 2. The SMILES string of the molecule is Cc1cccc(-c2nn3c(c2-c2ccnc(-c4nc5c([nH]4)CN(C(=O)N(C)C)C5)c2)CCC3)n1. The average Bonchev–Trinajstić information content (AvgIpc) is 3.58. The number of nitrogens with one attached hydrogen (secondary N) is 1. The van der Waals surface area contributed by atoms with Crippen LogP contribution in [0.15, 0.2) is 36.5 Å². The predicted molar refractivity (Wildman–Crippen MR) is 128 cm³/mol. The number of imidazole rings is 1. The molecule has 0 radical (unpaired) electrons. The third kappa shape index (κ3) is 3.35. The smallest absolute Gasteiger partial charge is 0.320 e. The summed E-state index contributed by atoms with van der Waals surface area (Å²) in [5, 5.41) is 4.93. The molecular weight excluding hydrogens is 428 g/mol. The van der Waals surface area contributed by atoms with Crippen molar-refractivity contribution in [2.24, 2.45) is 0 Å². The summed E-state index contributed by atoms with van der Waals surface area (Å²) in [4.78, 5) is 33.2. The van der Waals surface area contributed by atoms with Gasteiger partial charge in [-0.1, -0.05) is 6.07 Å². The first-order chi connectivity index (χ1) is 16.5. The number of urea groups is 1. The number of pyridine rings is 2. The first-order valence-electron chi connectivity index (χ1n) is 11.5. The molecule has 2 aliphatic rings. The number of amides is 2. The van der Waals surface area contributed by atoms with Crippen LogP contribution in [0.4, 0.5) is 4.79 Å². The van der Waals surface area contributed by atoms with Gasteiger partial charge in [0, 0.05) is 43.8 Å². The average molecular weight is 455 g/mol. The van der Waals surface area contributed by atoms with Crippen molar-refractivity contribution in [3.8, 4) is 34.0 Å². The molecule has 2 aliphatic heterocycles. The van der Waals surface area contributed by atoms with Crippen LogP contribution >= 0.6 is 0 Å². The topological polar surface area (TPSA) is 95.8 Å². The maximum Gasteiger partial charge on any atom is 0.320 e. The van der Waals surface area contributed by atoms with Crippen molar-refractivity contribution in [2.45, 2.75) is 39.4 Å². The zero-order chi connectivity index (χ0) is 23.4. The maximum absolute atomic E-state index is 12.3. The lowest BCUT2D eigenvalue weighted by atomic mass is 10.00. The molecule has 4 aromatic rings. The summed E-state index contributed by atoms with van der Waals surface area (Å²) >= 11 is 0. The lowest BCUT2D eigenvalue weighted by Crippen LogP contribution is -2.35. The second kappa shape index (κ2) is 7.79. The highest BCUT2D eigenvalue weighted by atomic mass is 16.2. The Morgan fingerprint density at radius 3 is 2.79 bits per heavy atom. The third-order valence-corrected chi connectivity index (χ3v) is 6.47. The molecule has 6 heterocycles. The van der Waals surface area contributed by atoms with Crippen molar-refractivity contribution in [3.05, 3.63) is 59.3 Å². The lowest BCUT2D eigenvalue weighted by molar-refractivity contribution is 0.170. The highest BCUT2D eigenvalue weighted by Crippen LogP contribution is 2.38. The molecule has 1 N–H and O–H groups in total. The van der Waals surface area contributed by atoms with Crippen LogP contribution in [0, 0.1) is 6.92 Å². The Kier molecular flexibility index (Phi) is 4.72. The van der Waals surface area contributed by atoms with Crippen molar-refractivity contribution in [3.63, 3.8) is 0 Å². The standard InChI is InChI=1S/C25H26N8O/c1-15-6-4-7-17(27-15)23-22(21-8-5-11-33(21)30-23)16-9-10-26-18(12-16)24-28-19-13-32(14-20(19)29-24)25(34)31(2)3/h4,6-7,9-10,12H,5,8,11,13-14H2,1-3H3,(H,28,29). The van der Waals surface area contributed by atoms with Gasteiger partial charge in [0.1, 0.15) is 11.4 Å². The van der Waals surface area contributed by atoms with Gasteiger partial charge in [0.05, 0.1) is 30.2 Å². The van der Waals surface area contributed by atoms with E-state index in [9.17, 15) is 4.79 Å². The van der Waals surface area contributed by atoms with Gasteiger partial charge in [-0.05, 0) is 49.6 Å². The Morgan fingerprint density at radius 1 is 1.12 bits per heavy atom. The summed E-state index contributed by atoms with van der Waals surface area (Å²) in [5.41, 5.74) is 8.84. The number of hydrogen-bond donors (Lipinski definition) is 1. The van der Waals surface area contributed by atoms with E-state index in [0.717, 1.165) is 70.5 Å². The van der Waals surface area contributed by atoms with Gasteiger partial charge in [-0.3, -0.25) is 14.6 Å². The van der Waals surface area contributed by atoms with Crippen LogP contribution in [0.2, 0.25) is 0 Å². The van der Waals surface area contributed by atoms with Crippen molar-refractivity contribution in [1.29, 1.82) is 0 Å². The predicted octanol–water partition coefficient (Wildman–Crippen LogP) is 3.65. The van der Waals surface area contributed by atoms with Crippen LogP contribution in [-0.4, -0.2) is 59.6 Å². The number of aromatic nitrogens is 6. The fourth-order valence-electron chi connectivity index (χ4n) is 4.88. The number of H-pyrrole nitrogens is 1. The molecule has 9 nitrogen and oxygen atoms in total. The Hall–Kier alpha value is -4.01. The summed E-state index contributed by atoms with van der Waals surface area (Å²) in [7, 11) is 3.52. The van der Waals surface area contributed by atoms with E-state index in [4.69, 9.17) is 15.1 Å². The van der Waals surface area contributed by atoms with Crippen LogP contribution in [0.5, 0.6) is 0 Å². The molecule has 0 saturated carbocycles. The van der Waals surface area contributed by atoms with Crippen molar-refractivity contribution < 1.29 is 4.79 Å². The fourth-order valence-corrected chi connectivity index (χ4v) is 4.88. The van der Waals surface area contributed by atoms with Gasteiger partial charge in [-0.25, -0.2) is 9.78 Å². The molecule has 0 unspecified atom stereocenters. The summed E-state index contributed by atoms with van der Waals surface area (Å²) in [6, 6.07) is 10.1. The Morgan fingerprint density at radius 2 is 2.00 bits per heavy atom. The third-order valence-electron chi connectivity index (χ3n) is 6.47. The minimum Gasteiger partial charge on any atom is -0.339 e. The van der Waals surface area contributed by atoms with E-state index in [1.165, 1.54) is 5.69 Å². The van der Waals surface area contributed by atoms with E-state index in [-0.39, 0.29) is 6.03 Å². The molecule has 0 bridgehead atoms. The van der Waals surface area contributed by atoms with E-state index in [1.807, 2.05) is 37.4 Å². The number of aromatic amines is 1. The molecule has 0 saturated heterocycles. The Bertz CT molecular complexity index is 1390. The summed E-state index contributed by atoms with van der Waals surface area (Å²) in [6.07, 6.45) is 3.92. The van der Waals surface area contributed by atoms with Gasteiger partial charge in [0.2, 0.25) is 0 Å². The van der Waals surface area contributed by atoms with E-state index in [2.05, 4.69) is 20.7 Å². The van der Waals surface area contributed by atoms with Gasteiger partial charge < -0.3 is 14.8 Å². The number of nitrogens with zero attached hydrogens (tertiary/aromatic N) is 7. The molecule has 0 spiro atoms. The molecule has 0 aliphatic carbocycles. The molecule has 0 atom stereocenters. The molecule has 2 amide bonds. The Balaban J connectivity index is 1.37. The molecule has 0 aromatic carbocycles. The second-order valence-corrected chi connectivity index (χ2v) is 9.13. The van der Waals surface area contributed by atoms with E-state index >= 15 is 0 Å². The molecule has 4 aromatic heterocycles. The molecule has 172 valence electrons. The Labute approximate surface area is 197 Å². The summed E-state index contributed by atoms with van der Waals surface area (Å²) < 4.78 is 2.12. The van der Waals surface area contributed by atoms with Crippen molar-refractivity contribution >= 4 is 6.03 Å². The molecule has 34 heavy (non-hydrogen) atoms. The zero-order valence-corrected chi connectivity index (χ0v) is 19.5. The molecule has 0 fully saturated rings. The van der Waals surface area contributed by atoms with Gasteiger partial charge >= 0.3 is 6.03 Å². The maximum atomic E-state index is 12.3. The van der Waals surface area contributed by atoms with Crippen molar-refractivity contribution in [1.82, 2.24) is 39.5 Å². The quantitative estimate of drug-likeness (QED) is 0.510. The van der Waals surface area contributed by atoms with Crippen molar-refractivity contribution in [2.75, 3.05) is 14.1 Å². The number of hydrogen-bond acceptors (Lipinski definition) is 5. The van der Waals surface area contributed by atoms with E-state index in [0.29, 0.717) is 13.1 Å². The minimum atomic E-state index is -0.0135. The van der Waals surface area contributed by atoms with Gasteiger partial charge in [0.15, 0.2) is 5.82 Å². The van der Waals surface area contributed by atoms with E-state index in [1.54, 1.807) is 23.9 Å². The summed E-state index contributed by atoms with van der Waals surface area (Å²) in [5.74, 6) is 0.725. The number of carbonyl (C=O) groups excluding carboxylic acids is 1. The number of fused-ring (bicyclic) bond motifs is 2. The lowest BCUT2D eigenvalue weighted by Gasteiger charge is -2.20. The number of carbonyl (C=O) groups is 1. The number of rotatable bonds is 3. The molecule has 9 heteroatoms. The normalized spacial score (nSPS) is 14.4. The molecular formula is C25H26N8O. The zero-order valence-electron chi connectivity index (χ0n) is 19.5. The van der Waals surface area contributed by atoms with Crippen LogP contribution < -0.4 is 0 Å². The van der Waals surface area contributed by atoms with Crippen LogP contribution in [0.25, 0.3) is 34.0 Å². The summed E-state index contributed by atoms with van der Waals surface area (Å²) in [6.45, 7) is 3.96. The van der Waals surface area contributed by atoms with E-state index < -0.39 is 0 Å². The van der Waals surface area contributed by atoms with Gasteiger partial charge in [0.25, 0.3) is 0 Å². The largest absolute Gasteiger partial charge is 0.339 e. The van der Waals surface area contributed by atoms with Gasteiger partial charge in [-0.2, -0.15) is 5.10 Å². The second-order valence-electron chi connectivity index (χ2n) is 9.13. The highest BCUT2D eigenvalue weighted by molar-refractivity contribution is 5.83. The molecule has 6 rings (SSSR count). The van der Waals surface area contributed by atoms with Gasteiger partial charge in [-0.15, -0.1) is 0 Å². The highest BCUT2D eigenvalue weighted by Gasteiger charge is 2.29. The first-order valence-corrected chi connectivity index (χ1v) is 11.5.